The molecule has 0 bridgehead atoms. The van der Waals surface area contributed by atoms with E-state index in [0.29, 0.717) is 22.1 Å². The van der Waals surface area contributed by atoms with Gasteiger partial charge in [0.25, 0.3) is 0 Å². The molecule has 0 saturated heterocycles. The second-order valence-corrected chi connectivity index (χ2v) is 9.62. The van der Waals surface area contributed by atoms with Crippen molar-refractivity contribution in [1.29, 1.82) is 0 Å². The minimum Gasteiger partial charge on any atom is -0.368 e. The highest BCUT2D eigenvalue weighted by molar-refractivity contribution is 6.02. The molecule has 0 amide bonds. The van der Waals surface area contributed by atoms with Crippen LogP contribution in [0.4, 0.5) is 26.3 Å². The number of nitrogens with one attached hydrogen (secondary N) is 2. The van der Waals surface area contributed by atoms with Gasteiger partial charge in [0.15, 0.2) is 11.5 Å². The Morgan fingerprint density at radius 3 is 2.46 bits per heavy atom. The minimum atomic E-state index is -4.78. The van der Waals surface area contributed by atoms with Crippen LogP contribution in [0.3, 0.4) is 0 Å². The lowest BCUT2D eigenvalue weighted by molar-refractivity contribution is -0.141. The molecular formula is C27H27F6N7O. The average Bonchev–Trinajstić information content (AvgIpc) is 3.33. The highest BCUT2D eigenvalue weighted by Gasteiger charge is 2.32. The maximum Gasteiger partial charge on any atom is 0.406 e. The van der Waals surface area contributed by atoms with Crippen LogP contribution in [0.1, 0.15) is 40.2 Å². The first-order chi connectivity index (χ1) is 19.1. The number of halogens is 6. The van der Waals surface area contributed by atoms with Crippen LogP contribution in [0.15, 0.2) is 52.9 Å². The van der Waals surface area contributed by atoms with E-state index in [4.69, 9.17) is 0 Å². The number of alkyl halides is 6. The van der Waals surface area contributed by atoms with Gasteiger partial charge in [0, 0.05) is 23.8 Å². The van der Waals surface area contributed by atoms with E-state index in [1.807, 2.05) is 38.1 Å². The summed E-state index contributed by atoms with van der Waals surface area (Å²) in [5.41, 5.74) is 2.00. The van der Waals surface area contributed by atoms with E-state index in [1.165, 1.54) is 6.92 Å². The number of imidazole rings is 1. The summed E-state index contributed by atoms with van der Waals surface area (Å²) in [5, 5.41) is 7.63. The first-order valence-corrected chi connectivity index (χ1v) is 12.5. The summed E-state index contributed by atoms with van der Waals surface area (Å²) < 4.78 is 80.7. The van der Waals surface area contributed by atoms with Gasteiger partial charge in [-0.15, -0.1) is 0 Å². The molecule has 2 N–H and O–H groups in total. The Labute approximate surface area is 230 Å². The molecular weight excluding hydrogens is 552 g/mol. The summed E-state index contributed by atoms with van der Waals surface area (Å²) in [6.45, 7) is 6.98. The molecule has 4 aromatic rings. The number of aryl methyl sites for hydroxylation is 3. The summed E-state index contributed by atoms with van der Waals surface area (Å²) in [6, 6.07) is 9.45. The Morgan fingerprint density at radius 1 is 1.10 bits per heavy atom. The fourth-order valence-corrected chi connectivity index (χ4v) is 4.35. The molecule has 14 heteroatoms. The summed E-state index contributed by atoms with van der Waals surface area (Å²) in [6.07, 6.45) is -8.96. The zero-order chi connectivity index (χ0) is 30.1. The van der Waals surface area contributed by atoms with Crippen LogP contribution in [0, 0.1) is 20.8 Å². The minimum absolute atomic E-state index is 0.0160. The van der Waals surface area contributed by atoms with E-state index < -0.39 is 37.6 Å². The Bertz CT molecular complexity index is 1670. The average molecular weight is 580 g/mol. The number of aliphatic imine (C=N–C) groups is 1. The fraction of sp³-hybridized carbons (Fsp3) is 0.333. The number of hydrogen-bond donors (Lipinski definition) is 2. The van der Waals surface area contributed by atoms with Crippen molar-refractivity contribution in [2.24, 2.45) is 4.99 Å². The Kier molecular flexibility index (Phi) is 8.13. The number of fused-ring (bicyclic) bond motifs is 1. The Balaban J connectivity index is 1.83. The normalized spacial score (nSPS) is 12.8. The van der Waals surface area contributed by atoms with Gasteiger partial charge in [-0.25, -0.2) is 19.5 Å². The molecule has 1 aromatic carbocycles. The zero-order valence-corrected chi connectivity index (χ0v) is 22.4. The predicted octanol–water partition coefficient (Wildman–Crippen LogP) is 5.42. The van der Waals surface area contributed by atoms with Crippen LogP contribution < -0.4 is 11.0 Å². The van der Waals surface area contributed by atoms with E-state index in [2.05, 4.69) is 32.0 Å². The maximum absolute atomic E-state index is 13.3. The Morgan fingerprint density at radius 2 is 1.80 bits per heavy atom. The van der Waals surface area contributed by atoms with Crippen molar-refractivity contribution in [3.05, 3.63) is 87.4 Å². The standard InChI is InChI=1S/C27H27F6N7O/c1-15-11-20-21(38-40(24(20)35-12-15)13-19-8-6-5-7-16(19)2)17(3)36-23(34-10-9-26(28,29)30)22-18(4)37-25(41)39(22)14-27(31,32)33/h5-8,11-12H,3,9-10,13-14H2,1-2,4H3,(H,34,36)(H,37,41). The van der Waals surface area contributed by atoms with Gasteiger partial charge in [0.1, 0.15) is 17.9 Å². The van der Waals surface area contributed by atoms with Crippen molar-refractivity contribution in [1.82, 2.24) is 29.6 Å². The number of benzene rings is 1. The van der Waals surface area contributed by atoms with Crippen LogP contribution in [-0.4, -0.2) is 49.0 Å². The number of hydrogen-bond acceptors (Lipinski definition) is 4. The van der Waals surface area contributed by atoms with Crippen LogP contribution >= 0.6 is 0 Å². The maximum atomic E-state index is 13.3. The molecule has 0 unspecified atom stereocenters. The first kappa shape index (κ1) is 29.6. The lowest BCUT2D eigenvalue weighted by atomic mass is 10.1. The van der Waals surface area contributed by atoms with Gasteiger partial charge in [0.05, 0.1) is 18.7 Å². The van der Waals surface area contributed by atoms with Crippen LogP contribution in [0.2, 0.25) is 0 Å². The number of rotatable bonds is 8. The molecule has 41 heavy (non-hydrogen) atoms. The molecule has 0 atom stereocenters. The van der Waals surface area contributed by atoms with Gasteiger partial charge >= 0.3 is 18.0 Å². The molecule has 218 valence electrons. The molecule has 4 rings (SSSR count). The third-order valence-corrected chi connectivity index (χ3v) is 6.25. The summed E-state index contributed by atoms with van der Waals surface area (Å²) in [7, 11) is 0. The van der Waals surface area contributed by atoms with Crippen molar-refractivity contribution in [2.45, 2.75) is 52.6 Å². The number of amidine groups is 1. The molecule has 3 aromatic heterocycles. The van der Waals surface area contributed by atoms with Crippen molar-refractivity contribution in [3.63, 3.8) is 0 Å². The van der Waals surface area contributed by atoms with Crippen molar-refractivity contribution in [2.75, 3.05) is 6.54 Å². The SMILES string of the molecule is C=C(/N=C(/NCCC(F)(F)F)c1c(C)[nH]c(=O)n1CC(F)(F)F)c1nn(Cc2ccccc2C)c2ncc(C)cc12. The number of H-pyrrole nitrogens is 1. The molecule has 0 spiro atoms. The van der Waals surface area contributed by atoms with E-state index in [0.717, 1.165) is 16.7 Å². The van der Waals surface area contributed by atoms with Crippen LogP contribution in [-0.2, 0) is 13.1 Å². The zero-order valence-electron chi connectivity index (χ0n) is 22.4. The number of nitrogens with zero attached hydrogens (tertiary/aromatic N) is 5. The highest BCUT2D eigenvalue weighted by atomic mass is 19.4. The van der Waals surface area contributed by atoms with E-state index in [-0.39, 0.29) is 28.6 Å². The topological polar surface area (TPSA) is 92.9 Å². The summed E-state index contributed by atoms with van der Waals surface area (Å²) >= 11 is 0. The quantitative estimate of drug-likeness (QED) is 0.166. The molecule has 8 nitrogen and oxygen atoms in total. The summed E-state index contributed by atoms with van der Waals surface area (Å²) in [5.74, 6) is -0.387. The number of pyridine rings is 1. The van der Waals surface area contributed by atoms with Crippen LogP contribution in [0.25, 0.3) is 16.7 Å². The van der Waals surface area contributed by atoms with Gasteiger partial charge in [0.2, 0.25) is 0 Å². The second-order valence-electron chi connectivity index (χ2n) is 9.62. The van der Waals surface area contributed by atoms with E-state index in [1.54, 1.807) is 16.9 Å². The lowest BCUT2D eigenvalue weighted by Crippen LogP contribution is -2.35. The lowest BCUT2D eigenvalue weighted by Gasteiger charge is -2.15. The second kappa shape index (κ2) is 11.3. The van der Waals surface area contributed by atoms with Crippen LogP contribution in [0.5, 0.6) is 0 Å². The largest absolute Gasteiger partial charge is 0.406 e. The fourth-order valence-electron chi connectivity index (χ4n) is 4.35. The molecule has 0 aliphatic heterocycles. The summed E-state index contributed by atoms with van der Waals surface area (Å²) in [4.78, 5) is 23.4. The smallest absolute Gasteiger partial charge is 0.368 e. The third-order valence-electron chi connectivity index (χ3n) is 6.25. The van der Waals surface area contributed by atoms with Gasteiger partial charge in [-0.2, -0.15) is 31.4 Å². The van der Waals surface area contributed by atoms with Crippen molar-refractivity contribution in [3.8, 4) is 0 Å². The van der Waals surface area contributed by atoms with Crippen molar-refractivity contribution < 1.29 is 26.3 Å². The Hall–Kier alpha value is -4.36. The monoisotopic (exact) mass is 579 g/mol. The van der Waals surface area contributed by atoms with E-state index in [9.17, 15) is 31.1 Å². The molecule has 0 fully saturated rings. The predicted molar refractivity (Wildman–Crippen MR) is 143 cm³/mol. The van der Waals surface area contributed by atoms with Gasteiger partial charge in [-0.1, -0.05) is 30.8 Å². The molecule has 3 heterocycles. The van der Waals surface area contributed by atoms with Crippen molar-refractivity contribution >= 4 is 22.6 Å². The van der Waals surface area contributed by atoms with E-state index >= 15 is 0 Å². The first-order valence-electron chi connectivity index (χ1n) is 12.5. The van der Waals surface area contributed by atoms with Gasteiger partial charge in [-0.3, -0.25) is 4.57 Å². The molecule has 0 aliphatic rings. The van der Waals surface area contributed by atoms with Gasteiger partial charge in [-0.05, 0) is 43.5 Å². The molecule has 0 saturated carbocycles. The number of aromatic nitrogens is 5. The highest BCUT2D eigenvalue weighted by Crippen LogP contribution is 2.27. The third kappa shape index (κ3) is 7.05. The number of aromatic amines is 1. The molecule has 0 aliphatic carbocycles. The van der Waals surface area contributed by atoms with Gasteiger partial charge < -0.3 is 10.3 Å². The molecule has 0 radical (unpaired) electrons.